The summed E-state index contributed by atoms with van der Waals surface area (Å²) in [6.07, 6.45) is 1.06. The number of likely N-dealkylation sites (tertiary alicyclic amines) is 1. The number of nitrogens with zero attached hydrogens (tertiary/aromatic N) is 1. The molecule has 1 atom stereocenters. The number of rotatable bonds is 2. The van der Waals surface area contributed by atoms with Crippen molar-refractivity contribution in [2.75, 3.05) is 20.1 Å². The van der Waals surface area contributed by atoms with E-state index in [0.717, 1.165) is 19.5 Å². The van der Waals surface area contributed by atoms with Gasteiger partial charge < -0.3 is 10.2 Å². The molecule has 1 aliphatic heterocycles. The number of halogens is 1. The van der Waals surface area contributed by atoms with E-state index >= 15 is 0 Å². The summed E-state index contributed by atoms with van der Waals surface area (Å²) in [5.74, 6) is 0.0767. The topological polar surface area (TPSA) is 32.3 Å². The van der Waals surface area contributed by atoms with Gasteiger partial charge in [0.05, 0.1) is 4.32 Å². The molecule has 0 saturated carbocycles. The zero-order valence-corrected chi connectivity index (χ0v) is 10.0. The number of hydrogen-bond donors (Lipinski definition) is 1. The van der Waals surface area contributed by atoms with Crippen molar-refractivity contribution in [2.24, 2.45) is 0 Å². The second-order valence-corrected chi connectivity index (χ2v) is 6.18. The minimum atomic E-state index is -0.450. The fraction of sp³-hybridized carbons (Fsp3) is 0.889. The molecule has 76 valence electrons. The van der Waals surface area contributed by atoms with E-state index in [1.165, 1.54) is 0 Å². The first-order valence-corrected chi connectivity index (χ1v) is 5.37. The van der Waals surface area contributed by atoms with Gasteiger partial charge in [-0.2, -0.15) is 0 Å². The smallest absolute Gasteiger partial charge is 0.236 e. The van der Waals surface area contributed by atoms with E-state index in [9.17, 15) is 4.79 Å². The van der Waals surface area contributed by atoms with Gasteiger partial charge in [0.25, 0.3) is 0 Å². The van der Waals surface area contributed by atoms with Crippen LogP contribution in [0.4, 0.5) is 0 Å². The van der Waals surface area contributed by atoms with E-state index in [1.54, 1.807) is 0 Å². The summed E-state index contributed by atoms with van der Waals surface area (Å²) >= 11 is 3.34. The van der Waals surface area contributed by atoms with Crippen molar-refractivity contribution in [2.45, 2.75) is 30.6 Å². The molecule has 0 aromatic rings. The number of likely N-dealkylation sites (N-methyl/N-ethyl adjacent to an activating group) is 1. The maximum atomic E-state index is 11.6. The van der Waals surface area contributed by atoms with E-state index in [2.05, 4.69) is 33.2 Å². The second kappa shape index (κ2) is 3.96. The lowest BCUT2D eigenvalue weighted by molar-refractivity contribution is -0.123. The van der Waals surface area contributed by atoms with Crippen LogP contribution in [0.5, 0.6) is 0 Å². The van der Waals surface area contributed by atoms with Gasteiger partial charge in [-0.15, -0.1) is 0 Å². The highest BCUT2D eigenvalue weighted by Crippen LogP contribution is 2.17. The first-order valence-electron chi connectivity index (χ1n) is 4.58. The molecule has 0 aromatic carbocycles. The van der Waals surface area contributed by atoms with Crippen LogP contribution in [0.25, 0.3) is 0 Å². The van der Waals surface area contributed by atoms with Crippen LogP contribution in [0.1, 0.15) is 20.3 Å². The Labute approximate surface area is 88.0 Å². The lowest BCUT2D eigenvalue weighted by atomic mass is 10.2. The number of carbonyl (C=O) groups is 1. The second-order valence-electron chi connectivity index (χ2n) is 4.19. The van der Waals surface area contributed by atoms with Crippen molar-refractivity contribution in [1.82, 2.24) is 10.2 Å². The summed E-state index contributed by atoms with van der Waals surface area (Å²) in [6, 6.07) is 0.328. The Hall–Kier alpha value is -0.0900. The number of carbonyl (C=O) groups excluding carboxylic acids is 1. The average Bonchev–Trinajstić information content (AvgIpc) is 2.33. The molecule has 1 fully saturated rings. The van der Waals surface area contributed by atoms with Crippen LogP contribution in [0.2, 0.25) is 0 Å². The standard InChI is InChI=1S/C9H17BrN2O/c1-9(2,10)8(13)11-7-4-5-12(3)6-7/h7H,4-6H2,1-3H3,(H,11,13). The van der Waals surface area contributed by atoms with Crippen molar-refractivity contribution in [3.8, 4) is 0 Å². The molecule has 1 aliphatic rings. The van der Waals surface area contributed by atoms with E-state index in [1.807, 2.05) is 13.8 Å². The largest absolute Gasteiger partial charge is 0.351 e. The first-order chi connectivity index (χ1) is 5.89. The van der Waals surface area contributed by atoms with Gasteiger partial charge in [0.15, 0.2) is 0 Å². The van der Waals surface area contributed by atoms with Gasteiger partial charge in [0, 0.05) is 12.6 Å². The van der Waals surface area contributed by atoms with Crippen molar-refractivity contribution >= 4 is 21.8 Å². The highest BCUT2D eigenvalue weighted by Gasteiger charge is 2.28. The van der Waals surface area contributed by atoms with Crippen LogP contribution < -0.4 is 5.32 Å². The van der Waals surface area contributed by atoms with Gasteiger partial charge in [0.1, 0.15) is 0 Å². The Kier molecular flexibility index (Phi) is 3.35. The Bertz CT molecular complexity index is 200. The molecule has 1 N–H and O–H groups in total. The molecule has 13 heavy (non-hydrogen) atoms. The summed E-state index contributed by atoms with van der Waals surface area (Å²) < 4.78 is -0.450. The average molecular weight is 249 g/mol. The zero-order valence-electron chi connectivity index (χ0n) is 8.43. The van der Waals surface area contributed by atoms with Gasteiger partial charge >= 0.3 is 0 Å². The number of amides is 1. The van der Waals surface area contributed by atoms with Crippen LogP contribution >= 0.6 is 15.9 Å². The molecule has 4 heteroatoms. The van der Waals surface area contributed by atoms with Crippen molar-refractivity contribution in [1.29, 1.82) is 0 Å². The Balaban J connectivity index is 2.37. The zero-order chi connectivity index (χ0) is 10.1. The van der Waals surface area contributed by atoms with Gasteiger partial charge in [0.2, 0.25) is 5.91 Å². The van der Waals surface area contributed by atoms with Gasteiger partial charge in [-0.3, -0.25) is 4.79 Å². The van der Waals surface area contributed by atoms with E-state index in [4.69, 9.17) is 0 Å². The Morgan fingerprint density at radius 1 is 1.62 bits per heavy atom. The third kappa shape index (κ3) is 3.27. The van der Waals surface area contributed by atoms with Crippen LogP contribution in [-0.4, -0.2) is 41.3 Å². The molecule has 3 nitrogen and oxygen atoms in total. The fourth-order valence-corrected chi connectivity index (χ4v) is 1.52. The summed E-state index contributed by atoms with van der Waals surface area (Å²) in [7, 11) is 2.07. The van der Waals surface area contributed by atoms with E-state index < -0.39 is 4.32 Å². The summed E-state index contributed by atoms with van der Waals surface area (Å²) in [5, 5.41) is 3.02. The predicted octanol–water partition coefficient (Wildman–Crippen LogP) is 0.980. The normalized spacial score (nSPS) is 24.8. The highest BCUT2D eigenvalue weighted by atomic mass is 79.9. The minimum Gasteiger partial charge on any atom is -0.351 e. The van der Waals surface area contributed by atoms with Crippen LogP contribution in [0.3, 0.4) is 0 Å². The predicted molar refractivity (Wildman–Crippen MR) is 57.1 cm³/mol. The fourth-order valence-electron chi connectivity index (χ4n) is 1.41. The molecular formula is C9H17BrN2O. The van der Waals surface area contributed by atoms with Gasteiger partial charge in [-0.25, -0.2) is 0 Å². The molecule has 0 bridgehead atoms. The number of hydrogen-bond acceptors (Lipinski definition) is 2. The van der Waals surface area contributed by atoms with Gasteiger partial charge in [-0.1, -0.05) is 15.9 Å². The van der Waals surface area contributed by atoms with E-state index in [0.29, 0.717) is 6.04 Å². The monoisotopic (exact) mass is 248 g/mol. The Morgan fingerprint density at radius 3 is 2.62 bits per heavy atom. The number of alkyl halides is 1. The summed E-state index contributed by atoms with van der Waals surface area (Å²) in [5.41, 5.74) is 0. The molecule has 0 aromatic heterocycles. The van der Waals surface area contributed by atoms with Crippen LogP contribution in [0, 0.1) is 0 Å². The quantitative estimate of drug-likeness (QED) is 0.740. The first kappa shape index (κ1) is 11.0. The van der Waals surface area contributed by atoms with Gasteiger partial charge in [-0.05, 0) is 33.9 Å². The molecule has 0 spiro atoms. The lowest BCUT2D eigenvalue weighted by Gasteiger charge is -2.19. The third-order valence-electron chi connectivity index (χ3n) is 2.27. The summed E-state index contributed by atoms with van der Waals surface area (Å²) in [6.45, 7) is 5.77. The SMILES string of the molecule is CN1CCC(NC(=O)C(C)(C)Br)C1. The molecule has 1 amide bonds. The summed E-state index contributed by atoms with van der Waals surface area (Å²) in [4.78, 5) is 13.8. The van der Waals surface area contributed by atoms with E-state index in [-0.39, 0.29) is 5.91 Å². The third-order valence-corrected chi connectivity index (χ3v) is 2.63. The highest BCUT2D eigenvalue weighted by molar-refractivity contribution is 9.10. The van der Waals surface area contributed by atoms with Crippen molar-refractivity contribution < 1.29 is 4.79 Å². The van der Waals surface area contributed by atoms with Crippen molar-refractivity contribution in [3.63, 3.8) is 0 Å². The van der Waals surface area contributed by atoms with Crippen molar-refractivity contribution in [3.05, 3.63) is 0 Å². The number of nitrogens with one attached hydrogen (secondary N) is 1. The Morgan fingerprint density at radius 2 is 2.23 bits per heavy atom. The molecule has 1 saturated heterocycles. The molecule has 1 heterocycles. The lowest BCUT2D eigenvalue weighted by Crippen LogP contribution is -2.44. The molecule has 1 unspecified atom stereocenters. The molecule has 1 rings (SSSR count). The van der Waals surface area contributed by atoms with Crippen LogP contribution in [0.15, 0.2) is 0 Å². The molecular weight excluding hydrogens is 232 g/mol. The maximum Gasteiger partial charge on any atom is 0.236 e. The van der Waals surface area contributed by atoms with Crippen LogP contribution in [-0.2, 0) is 4.79 Å². The molecule has 0 aliphatic carbocycles. The minimum absolute atomic E-state index is 0.0767. The molecule has 0 radical (unpaired) electrons. The maximum absolute atomic E-state index is 11.6.